The van der Waals surface area contributed by atoms with E-state index in [1.165, 1.54) is 0 Å². The van der Waals surface area contributed by atoms with Crippen molar-refractivity contribution < 1.29 is 14.3 Å². The molecule has 0 saturated heterocycles. The van der Waals surface area contributed by atoms with Gasteiger partial charge in [-0.3, -0.25) is 9.59 Å². The molecule has 0 aromatic heterocycles. The number of carbonyl (C=O) groups excluding carboxylic acids is 2. The third-order valence-electron chi connectivity index (χ3n) is 5.00. The van der Waals surface area contributed by atoms with Gasteiger partial charge in [-0.25, -0.2) is 0 Å². The van der Waals surface area contributed by atoms with Crippen molar-refractivity contribution in [3.8, 4) is 5.75 Å². The lowest BCUT2D eigenvalue weighted by Crippen LogP contribution is -2.51. The average Bonchev–Trinajstić information content (AvgIpc) is 2.72. The maximum atomic E-state index is 13.1. The smallest absolute Gasteiger partial charge is 0.261 e. The van der Waals surface area contributed by atoms with Crippen molar-refractivity contribution >= 4 is 23.4 Å². The Morgan fingerprint density at radius 1 is 1.10 bits per heavy atom. The van der Waals surface area contributed by atoms with E-state index in [9.17, 15) is 9.59 Å². The molecule has 6 heteroatoms. The van der Waals surface area contributed by atoms with Crippen LogP contribution in [0.5, 0.6) is 5.75 Å². The minimum absolute atomic E-state index is 0.0489. The topological polar surface area (TPSA) is 58.6 Å². The molecular formula is C24H31ClN2O3. The van der Waals surface area contributed by atoms with Gasteiger partial charge in [0.1, 0.15) is 11.8 Å². The summed E-state index contributed by atoms with van der Waals surface area (Å²) in [5.41, 5.74) is 2.08. The molecule has 162 valence electrons. The number of nitrogens with one attached hydrogen (secondary N) is 1. The Balaban J connectivity index is 2.20. The van der Waals surface area contributed by atoms with Gasteiger partial charge >= 0.3 is 0 Å². The number of nitrogens with zero attached hydrogens (tertiary/aromatic N) is 1. The Morgan fingerprint density at radius 3 is 2.40 bits per heavy atom. The SMILES string of the molecule is CC[C@@H](C)NC(=O)[C@H](CC)N(Cc1cccc(C)c1)C(=O)COc1ccc(Cl)cc1. The van der Waals surface area contributed by atoms with E-state index < -0.39 is 6.04 Å². The molecule has 0 aliphatic carbocycles. The normalized spacial score (nSPS) is 12.7. The minimum Gasteiger partial charge on any atom is -0.484 e. The van der Waals surface area contributed by atoms with Crippen LogP contribution in [0.3, 0.4) is 0 Å². The summed E-state index contributed by atoms with van der Waals surface area (Å²) in [5, 5.41) is 3.60. The zero-order chi connectivity index (χ0) is 22.1. The molecule has 0 saturated carbocycles. The molecule has 2 rings (SSSR count). The molecule has 0 aliphatic rings. The van der Waals surface area contributed by atoms with Crippen LogP contribution in [0.15, 0.2) is 48.5 Å². The molecule has 0 spiro atoms. The average molecular weight is 431 g/mol. The van der Waals surface area contributed by atoms with E-state index >= 15 is 0 Å². The highest BCUT2D eigenvalue weighted by molar-refractivity contribution is 6.30. The molecule has 0 radical (unpaired) electrons. The second kappa shape index (κ2) is 11.6. The molecule has 2 aromatic rings. The Kier molecular flexibility index (Phi) is 9.18. The predicted molar refractivity (Wildman–Crippen MR) is 121 cm³/mol. The number of rotatable bonds is 10. The standard InChI is InChI=1S/C24H31ClN2O3/c1-5-18(4)26-24(29)22(6-2)27(15-19-9-7-8-17(3)14-19)23(28)16-30-21-12-10-20(25)11-13-21/h7-14,18,22H,5-6,15-16H2,1-4H3,(H,26,29)/t18-,22+/m1/s1. The van der Waals surface area contributed by atoms with Gasteiger partial charge in [-0.05, 0) is 56.5 Å². The van der Waals surface area contributed by atoms with Gasteiger partial charge in [0.2, 0.25) is 5.91 Å². The molecule has 0 heterocycles. The highest BCUT2D eigenvalue weighted by Crippen LogP contribution is 2.17. The van der Waals surface area contributed by atoms with E-state index in [0.29, 0.717) is 23.7 Å². The van der Waals surface area contributed by atoms with Gasteiger partial charge in [0.25, 0.3) is 5.91 Å². The van der Waals surface area contributed by atoms with E-state index in [4.69, 9.17) is 16.3 Å². The largest absolute Gasteiger partial charge is 0.484 e. The van der Waals surface area contributed by atoms with E-state index in [2.05, 4.69) is 5.32 Å². The number of halogens is 1. The Bertz CT molecular complexity index is 839. The van der Waals surface area contributed by atoms with Crippen molar-refractivity contribution in [2.24, 2.45) is 0 Å². The summed E-state index contributed by atoms with van der Waals surface area (Å²) in [6.07, 6.45) is 1.34. The first-order chi connectivity index (χ1) is 14.3. The number of hydrogen-bond donors (Lipinski definition) is 1. The van der Waals surface area contributed by atoms with E-state index in [1.807, 2.05) is 52.0 Å². The maximum absolute atomic E-state index is 13.1. The van der Waals surface area contributed by atoms with Crippen molar-refractivity contribution in [1.29, 1.82) is 0 Å². The molecule has 0 unspecified atom stereocenters. The van der Waals surface area contributed by atoms with E-state index in [-0.39, 0.29) is 24.5 Å². The number of aryl methyl sites for hydroxylation is 1. The van der Waals surface area contributed by atoms with Gasteiger partial charge in [-0.1, -0.05) is 55.3 Å². The molecule has 0 aliphatic heterocycles. The molecule has 2 aromatic carbocycles. The second-order valence-corrected chi connectivity index (χ2v) is 7.93. The third kappa shape index (κ3) is 7.06. The lowest BCUT2D eigenvalue weighted by molar-refractivity contribution is -0.143. The summed E-state index contributed by atoms with van der Waals surface area (Å²) in [5.74, 6) is 0.178. The summed E-state index contributed by atoms with van der Waals surface area (Å²) in [7, 11) is 0. The summed E-state index contributed by atoms with van der Waals surface area (Å²) in [6, 6.07) is 14.3. The van der Waals surface area contributed by atoms with Gasteiger partial charge in [0, 0.05) is 17.6 Å². The number of carbonyl (C=O) groups is 2. The van der Waals surface area contributed by atoms with Crippen LogP contribution in [0.25, 0.3) is 0 Å². The summed E-state index contributed by atoms with van der Waals surface area (Å²) < 4.78 is 5.66. The first-order valence-electron chi connectivity index (χ1n) is 10.4. The number of hydrogen-bond acceptors (Lipinski definition) is 3. The number of amides is 2. The van der Waals surface area contributed by atoms with Gasteiger partial charge in [0.05, 0.1) is 0 Å². The fourth-order valence-electron chi connectivity index (χ4n) is 3.13. The molecule has 1 N–H and O–H groups in total. The monoisotopic (exact) mass is 430 g/mol. The summed E-state index contributed by atoms with van der Waals surface area (Å²) in [4.78, 5) is 27.6. The van der Waals surface area contributed by atoms with Gasteiger partial charge in [-0.2, -0.15) is 0 Å². The van der Waals surface area contributed by atoms with Gasteiger partial charge < -0.3 is 15.0 Å². The molecule has 2 atom stereocenters. The fraction of sp³-hybridized carbons (Fsp3) is 0.417. The van der Waals surface area contributed by atoms with Crippen molar-refractivity contribution in [3.63, 3.8) is 0 Å². The van der Waals surface area contributed by atoms with Crippen LogP contribution in [-0.4, -0.2) is 35.4 Å². The molecule has 5 nitrogen and oxygen atoms in total. The lowest BCUT2D eigenvalue weighted by atomic mass is 10.1. The van der Waals surface area contributed by atoms with Crippen LogP contribution in [0.2, 0.25) is 5.02 Å². The second-order valence-electron chi connectivity index (χ2n) is 7.50. The van der Waals surface area contributed by atoms with Gasteiger partial charge in [0.15, 0.2) is 6.61 Å². The van der Waals surface area contributed by atoms with Crippen LogP contribution in [0.4, 0.5) is 0 Å². The van der Waals surface area contributed by atoms with Crippen LogP contribution >= 0.6 is 11.6 Å². The maximum Gasteiger partial charge on any atom is 0.261 e. The Labute approximate surface area is 184 Å². The highest BCUT2D eigenvalue weighted by atomic mass is 35.5. The molecule has 0 fully saturated rings. The number of benzene rings is 2. The van der Waals surface area contributed by atoms with Crippen molar-refractivity contribution in [3.05, 3.63) is 64.7 Å². The Hall–Kier alpha value is -2.53. The third-order valence-corrected chi connectivity index (χ3v) is 5.25. The van der Waals surface area contributed by atoms with Crippen molar-refractivity contribution in [2.75, 3.05) is 6.61 Å². The minimum atomic E-state index is -0.569. The van der Waals surface area contributed by atoms with Crippen LogP contribution in [-0.2, 0) is 16.1 Å². The zero-order valence-corrected chi connectivity index (χ0v) is 18.9. The molecule has 30 heavy (non-hydrogen) atoms. The summed E-state index contributed by atoms with van der Waals surface area (Å²) >= 11 is 5.90. The van der Waals surface area contributed by atoms with Crippen LogP contribution in [0.1, 0.15) is 44.7 Å². The molecular weight excluding hydrogens is 400 g/mol. The number of ether oxygens (including phenoxy) is 1. The van der Waals surface area contributed by atoms with Crippen molar-refractivity contribution in [2.45, 2.75) is 59.2 Å². The zero-order valence-electron chi connectivity index (χ0n) is 18.2. The molecule has 2 amide bonds. The van der Waals surface area contributed by atoms with Crippen LogP contribution in [0, 0.1) is 6.92 Å². The Morgan fingerprint density at radius 2 is 1.80 bits per heavy atom. The quantitative estimate of drug-likeness (QED) is 0.591. The fourth-order valence-corrected chi connectivity index (χ4v) is 3.25. The first kappa shape index (κ1) is 23.7. The molecule has 0 bridgehead atoms. The van der Waals surface area contributed by atoms with Crippen LogP contribution < -0.4 is 10.1 Å². The summed E-state index contributed by atoms with van der Waals surface area (Å²) in [6.45, 7) is 8.09. The predicted octanol–water partition coefficient (Wildman–Crippen LogP) is 4.75. The van der Waals surface area contributed by atoms with E-state index in [0.717, 1.165) is 17.5 Å². The van der Waals surface area contributed by atoms with E-state index in [1.54, 1.807) is 29.2 Å². The highest BCUT2D eigenvalue weighted by Gasteiger charge is 2.29. The van der Waals surface area contributed by atoms with Crippen molar-refractivity contribution in [1.82, 2.24) is 10.2 Å². The first-order valence-corrected chi connectivity index (χ1v) is 10.8. The lowest BCUT2D eigenvalue weighted by Gasteiger charge is -2.31. The van der Waals surface area contributed by atoms with Gasteiger partial charge in [-0.15, -0.1) is 0 Å².